The molecule has 0 unspecified atom stereocenters. The summed E-state index contributed by atoms with van der Waals surface area (Å²) in [7, 11) is 0. The first-order valence-corrected chi connectivity index (χ1v) is 13.8. The van der Waals surface area contributed by atoms with Gasteiger partial charge in [0, 0.05) is 42.8 Å². The molecule has 1 saturated heterocycles. The maximum atomic E-state index is 11.0. The highest BCUT2D eigenvalue weighted by molar-refractivity contribution is 7.16. The second-order valence-corrected chi connectivity index (χ2v) is 11.4. The summed E-state index contributed by atoms with van der Waals surface area (Å²) >= 11 is 1.70. The molecule has 34 heavy (non-hydrogen) atoms. The quantitative estimate of drug-likeness (QED) is 0.407. The van der Waals surface area contributed by atoms with Gasteiger partial charge in [0.2, 0.25) is 4.96 Å². The van der Waals surface area contributed by atoms with Crippen LogP contribution in [0.1, 0.15) is 68.7 Å². The van der Waals surface area contributed by atoms with Gasteiger partial charge in [-0.05, 0) is 69.4 Å². The molecule has 0 bridgehead atoms. The van der Waals surface area contributed by atoms with Crippen molar-refractivity contribution in [3.05, 3.63) is 35.5 Å². The summed E-state index contributed by atoms with van der Waals surface area (Å²) in [5.74, 6) is 1.54. The van der Waals surface area contributed by atoms with Crippen molar-refractivity contribution in [2.75, 3.05) is 24.6 Å². The minimum absolute atomic E-state index is 0.242. The Morgan fingerprint density at radius 3 is 2.41 bits per heavy atom. The number of hydrogen-bond acceptors (Lipinski definition) is 6. The Morgan fingerprint density at radius 1 is 1.00 bits per heavy atom. The second kappa shape index (κ2) is 9.78. The molecule has 6 rings (SSSR count). The van der Waals surface area contributed by atoms with Crippen molar-refractivity contribution in [2.45, 2.75) is 69.8 Å². The SMILES string of the molecule is O=CC1CCC(c2nn3cc(-c4ccc(N5CCC(OCC6CCC6)CC5)cc4)nc3s2)CC1. The van der Waals surface area contributed by atoms with E-state index in [1.54, 1.807) is 11.3 Å². The molecule has 3 fully saturated rings. The first-order valence-electron chi connectivity index (χ1n) is 13.0. The fourth-order valence-electron chi connectivity index (χ4n) is 5.58. The van der Waals surface area contributed by atoms with Gasteiger partial charge in [0.1, 0.15) is 11.3 Å². The molecule has 2 aliphatic carbocycles. The summed E-state index contributed by atoms with van der Waals surface area (Å²) in [6, 6.07) is 8.82. The molecule has 2 saturated carbocycles. The average molecular weight is 479 g/mol. The third kappa shape index (κ3) is 4.65. The van der Waals surface area contributed by atoms with E-state index in [-0.39, 0.29) is 5.92 Å². The fraction of sp³-hybridized carbons (Fsp3) is 0.593. The van der Waals surface area contributed by atoms with Crippen molar-refractivity contribution in [2.24, 2.45) is 11.8 Å². The number of hydrogen-bond donors (Lipinski definition) is 0. The smallest absolute Gasteiger partial charge is 0.212 e. The van der Waals surface area contributed by atoms with E-state index in [0.29, 0.717) is 12.0 Å². The Balaban J connectivity index is 1.05. The highest BCUT2D eigenvalue weighted by atomic mass is 32.1. The number of fused-ring (bicyclic) bond motifs is 1. The molecule has 0 radical (unpaired) electrons. The van der Waals surface area contributed by atoms with E-state index in [9.17, 15) is 4.79 Å². The Morgan fingerprint density at radius 2 is 1.76 bits per heavy atom. The minimum atomic E-state index is 0.242. The number of carbonyl (C=O) groups is 1. The number of benzene rings is 1. The molecule has 0 N–H and O–H groups in total. The van der Waals surface area contributed by atoms with E-state index < -0.39 is 0 Å². The van der Waals surface area contributed by atoms with Crippen LogP contribution in [0.25, 0.3) is 16.2 Å². The molecule has 0 spiro atoms. The van der Waals surface area contributed by atoms with Crippen LogP contribution in [0.2, 0.25) is 0 Å². The molecule has 0 amide bonds. The van der Waals surface area contributed by atoms with Crippen LogP contribution in [0.4, 0.5) is 5.69 Å². The number of rotatable bonds is 7. The van der Waals surface area contributed by atoms with Crippen molar-refractivity contribution in [1.29, 1.82) is 0 Å². The largest absolute Gasteiger partial charge is 0.378 e. The lowest BCUT2D eigenvalue weighted by Crippen LogP contribution is -2.37. The van der Waals surface area contributed by atoms with Gasteiger partial charge in [-0.2, -0.15) is 5.10 Å². The van der Waals surface area contributed by atoms with E-state index in [0.717, 1.165) is 91.7 Å². The van der Waals surface area contributed by atoms with Gasteiger partial charge in [-0.15, -0.1) is 0 Å². The summed E-state index contributed by atoms with van der Waals surface area (Å²) in [5, 5.41) is 5.99. The zero-order valence-corrected chi connectivity index (χ0v) is 20.6. The Labute approximate surface area is 205 Å². The number of aldehydes is 1. The van der Waals surface area contributed by atoms with Crippen LogP contribution >= 0.6 is 11.3 Å². The van der Waals surface area contributed by atoms with Crippen molar-refractivity contribution in [1.82, 2.24) is 14.6 Å². The van der Waals surface area contributed by atoms with Gasteiger partial charge in [0.05, 0.1) is 18.0 Å². The molecule has 180 valence electrons. The molecule has 3 aliphatic rings. The molecule has 2 aromatic heterocycles. The lowest BCUT2D eigenvalue weighted by molar-refractivity contribution is -0.111. The maximum Gasteiger partial charge on any atom is 0.212 e. The lowest BCUT2D eigenvalue weighted by atomic mass is 9.83. The van der Waals surface area contributed by atoms with Crippen molar-refractivity contribution in [3.63, 3.8) is 0 Å². The maximum absolute atomic E-state index is 11.0. The van der Waals surface area contributed by atoms with Gasteiger partial charge in [-0.1, -0.05) is 29.9 Å². The Hall–Kier alpha value is -2.25. The summed E-state index contributed by atoms with van der Waals surface area (Å²) in [6.07, 6.45) is 14.0. The molecule has 6 nitrogen and oxygen atoms in total. The number of nitrogens with zero attached hydrogens (tertiary/aromatic N) is 4. The van der Waals surface area contributed by atoms with Crippen molar-refractivity contribution < 1.29 is 9.53 Å². The number of carbonyl (C=O) groups excluding carboxylic acids is 1. The number of ether oxygens (including phenoxy) is 1. The Bertz CT molecular complexity index is 1070. The van der Waals surface area contributed by atoms with Crippen LogP contribution in [-0.2, 0) is 9.53 Å². The summed E-state index contributed by atoms with van der Waals surface area (Å²) in [4.78, 5) is 19.3. The monoisotopic (exact) mass is 478 g/mol. The zero-order chi connectivity index (χ0) is 22.9. The predicted molar refractivity (Wildman–Crippen MR) is 136 cm³/mol. The lowest BCUT2D eigenvalue weighted by Gasteiger charge is -2.35. The number of aromatic nitrogens is 3. The van der Waals surface area contributed by atoms with Crippen LogP contribution in [0, 0.1) is 11.8 Å². The molecule has 7 heteroatoms. The van der Waals surface area contributed by atoms with Crippen molar-refractivity contribution >= 4 is 28.3 Å². The number of piperidine rings is 1. The third-order valence-electron chi connectivity index (χ3n) is 8.13. The van der Waals surface area contributed by atoms with Crippen LogP contribution < -0.4 is 4.90 Å². The van der Waals surface area contributed by atoms with Crippen LogP contribution in [-0.4, -0.2) is 46.7 Å². The number of anilines is 1. The summed E-state index contributed by atoms with van der Waals surface area (Å²) in [6.45, 7) is 3.10. The molecule has 3 aromatic rings. The molecule has 1 aliphatic heterocycles. The average Bonchev–Trinajstić information content (AvgIpc) is 3.44. The highest BCUT2D eigenvalue weighted by Gasteiger charge is 2.26. The third-order valence-corrected chi connectivity index (χ3v) is 9.22. The highest BCUT2D eigenvalue weighted by Crippen LogP contribution is 2.37. The first-order chi connectivity index (χ1) is 16.7. The Kier molecular flexibility index (Phi) is 6.39. The predicted octanol–water partition coefficient (Wildman–Crippen LogP) is 5.72. The van der Waals surface area contributed by atoms with E-state index in [2.05, 4.69) is 29.2 Å². The standard InChI is InChI=1S/C27H34N4O2S/c32-17-19-4-6-22(7-5-19)26-29-31-16-25(28-27(31)34-26)21-8-10-23(11-9-21)30-14-12-24(13-15-30)33-18-20-2-1-3-20/h8-11,16-17,19-20,22,24H,1-7,12-15,18H2. The van der Waals surface area contributed by atoms with E-state index in [4.69, 9.17) is 14.8 Å². The summed E-state index contributed by atoms with van der Waals surface area (Å²) < 4.78 is 8.10. The van der Waals surface area contributed by atoms with Gasteiger partial charge in [0.15, 0.2) is 0 Å². The van der Waals surface area contributed by atoms with E-state index in [1.807, 2.05) is 10.7 Å². The van der Waals surface area contributed by atoms with E-state index >= 15 is 0 Å². The first kappa shape index (κ1) is 22.2. The van der Waals surface area contributed by atoms with Crippen molar-refractivity contribution in [3.8, 4) is 11.3 Å². The molecule has 3 heterocycles. The second-order valence-electron chi connectivity index (χ2n) is 10.4. The topological polar surface area (TPSA) is 59.7 Å². The summed E-state index contributed by atoms with van der Waals surface area (Å²) in [5.41, 5.74) is 3.39. The van der Waals surface area contributed by atoms with E-state index in [1.165, 1.54) is 24.9 Å². The molecular formula is C27H34N4O2S. The van der Waals surface area contributed by atoms with Crippen LogP contribution in [0.15, 0.2) is 30.5 Å². The van der Waals surface area contributed by atoms with Crippen LogP contribution in [0.5, 0.6) is 0 Å². The van der Waals surface area contributed by atoms with Gasteiger partial charge < -0.3 is 14.4 Å². The minimum Gasteiger partial charge on any atom is -0.378 e. The normalized spacial score (nSPS) is 24.4. The molecule has 0 atom stereocenters. The van der Waals surface area contributed by atoms with Gasteiger partial charge in [-0.25, -0.2) is 9.50 Å². The molecular weight excluding hydrogens is 444 g/mol. The van der Waals surface area contributed by atoms with Gasteiger partial charge >= 0.3 is 0 Å². The van der Waals surface area contributed by atoms with Gasteiger partial charge in [-0.3, -0.25) is 0 Å². The zero-order valence-electron chi connectivity index (χ0n) is 19.8. The number of imidazole rings is 1. The van der Waals surface area contributed by atoms with Crippen LogP contribution in [0.3, 0.4) is 0 Å². The van der Waals surface area contributed by atoms with Gasteiger partial charge in [0.25, 0.3) is 0 Å². The fourth-order valence-corrected chi connectivity index (χ4v) is 6.63. The molecule has 1 aromatic carbocycles.